The van der Waals surface area contributed by atoms with Gasteiger partial charge in [0.05, 0.1) is 0 Å². The minimum absolute atomic E-state index is 0.0756. The van der Waals surface area contributed by atoms with Crippen LogP contribution in [0, 0.1) is 12.7 Å². The van der Waals surface area contributed by atoms with Crippen molar-refractivity contribution in [3.63, 3.8) is 0 Å². The van der Waals surface area contributed by atoms with E-state index in [0.717, 1.165) is 0 Å². The van der Waals surface area contributed by atoms with Gasteiger partial charge in [0.2, 0.25) is 11.7 Å². The molecule has 1 N–H and O–H groups in total. The molecule has 0 aliphatic heterocycles. The fourth-order valence-electron chi connectivity index (χ4n) is 2.42. The van der Waals surface area contributed by atoms with Gasteiger partial charge >= 0.3 is 0 Å². The number of nitrogens with zero attached hydrogens (tertiary/aromatic N) is 4. The van der Waals surface area contributed by atoms with E-state index in [1.165, 1.54) is 10.9 Å². The number of tetrazole rings is 1. The normalized spacial score (nSPS) is 10.6. The van der Waals surface area contributed by atoms with Crippen LogP contribution in [-0.2, 0) is 11.3 Å². The number of rotatable bonds is 6. The molecule has 0 bridgehead atoms. The Bertz CT molecular complexity index is 982. The van der Waals surface area contributed by atoms with Crippen LogP contribution in [0.15, 0.2) is 42.5 Å². The summed E-state index contributed by atoms with van der Waals surface area (Å²) in [4.78, 5) is 25.0. The first-order chi connectivity index (χ1) is 13.0. The zero-order chi connectivity index (χ0) is 19.4. The molecule has 0 radical (unpaired) electrons. The summed E-state index contributed by atoms with van der Waals surface area (Å²) in [5.41, 5.74) is 2.21. The van der Waals surface area contributed by atoms with Gasteiger partial charge in [0.25, 0.3) is 0 Å². The number of amides is 1. The number of anilines is 1. The number of ketones is 1. The van der Waals surface area contributed by atoms with Crippen molar-refractivity contribution < 1.29 is 14.0 Å². The van der Waals surface area contributed by atoms with Crippen LogP contribution in [0.5, 0.6) is 0 Å². The lowest BCUT2D eigenvalue weighted by Crippen LogP contribution is -2.14. The summed E-state index contributed by atoms with van der Waals surface area (Å²) >= 11 is 0. The third-order valence-electron chi connectivity index (χ3n) is 3.97. The average molecular weight is 367 g/mol. The van der Waals surface area contributed by atoms with Gasteiger partial charge in [0.1, 0.15) is 12.4 Å². The molecule has 0 spiro atoms. The van der Waals surface area contributed by atoms with E-state index in [9.17, 15) is 14.0 Å². The first-order valence-corrected chi connectivity index (χ1v) is 8.43. The lowest BCUT2D eigenvalue weighted by Gasteiger charge is -2.05. The number of hydrogen-bond acceptors (Lipinski definition) is 5. The molecule has 3 aromatic rings. The maximum absolute atomic E-state index is 13.4. The topological polar surface area (TPSA) is 89.8 Å². The van der Waals surface area contributed by atoms with E-state index in [1.807, 2.05) is 0 Å². The second kappa shape index (κ2) is 7.86. The van der Waals surface area contributed by atoms with Crippen LogP contribution in [0.25, 0.3) is 11.4 Å². The highest BCUT2D eigenvalue weighted by molar-refractivity contribution is 5.97. The highest BCUT2D eigenvalue weighted by atomic mass is 19.1. The molecule has 1 amide bonds. The van der Waals surface area contributed by atoms with Gasteiger partial charge in [-0.05, 0) is 60.2 Å². The Morgan fingerprint density at radius 2 is 1.89 bits per heavy atom. The highest BCUT2D eigenvalue weighted by Crippen LogP contribution is 2.17. The van der Waals surface area contributed by atoms with E-state index in [1.54, 1.807) is 50.2 Å². The van der Waals surface area contributed by atoms with E-state index >= 15 is 0 Å². The molecule has 0 saturated heterocycles. The standard InChI is InChI=1S/C19H18FN5O2/c1-3-18(27)21-15-7-4-13(5-8-15)17(26)11-25-23-19(22-24-25)14-6-9-16(20)12(2)10-14/h4-10H,3,11H2,1-2H3,(H,21,27). The van der Waals surface area contributed by atoms with Crippen molar-refractivity contribution in [2.45, 2.75) is 26.8 Å². The van der Waals surface area contributed by atoms with Gasteiger partial charge < -0.3 is 5.32 Å². The Morgan fingerprint density at radius 1 is 1.15 bits per heavy atom. The van der Waals surface area contributed by atoms with Crippen LogP contribution in [0.2, 0.25) is 0 Å². The molecule has 0 saturated carbocycles. The molecule has 138 valence electrons. The fraction of sp³-hybridized carbons (Fsp3) is 0.211. The van der Waals surface area contributed by atoms with Gasteiger partial charge in [0, 0.05) is 23.2 Å². The fourth-order valence-corrected chi connectivity index (χ4v) is 2.42. The predicted octanol–water partition coefficient (Wildman–Crippen LogP) is 3.02. The van der Waals surface area contributed by atoms with Crippen LogP contribution in [-0.4, -0.2) is 31.9 Å². The summed E-state index contributed by atoms with van der Waals surface area (Å²) in [5.74, 6) is -0.268. The number of benzene rings is 2. The molecule has 1 aromatic heterocycles. The van der Waals surface area contributed by atoms with Gasteiger partial charge in [-0.25, -0.2) is 4.39 Å². The van der Waals surface area contributed by atoms with Crippen molar-refractivity contribution in [1.29, 1.82) is 0 Å². The Kier molecular flexibility index (Phi) is 5.35. The largest absolute Gasteiger partial charge is 0.326 e. The molecule has 0 aliphatic rings. The van der Waals surface area contributed by atoms with Crippen molar-refractivity contribution in [2.75, 3.05) is 5.32 Å². The Balaban J connectivity index is 1.68. The second-order valence-corrected chi connectivity index (χ2v) is 6.01. The van der Waals surface area contributed by atoms with Crippen LogP contribution in [0.3, 0.4) is 0 Å². The van der Waals surface area contributed by atoms with Gasteiger partial charge in [-0.2, -0.15) is 4.80 Å². The molecule has 7 nitrogen and oxygen atoms in total. The zero-order valence-electron chi connectivity index (χ0n) is 14.9. The number of hydrogen-bond donors (Lipinski definition) is 1. The molecule has 2 aromatic carbocycles. The summed E-state index contributed by atoms with van der Waals surface area (Å²) < 4.78 is 13.4. The third kappa shape index (κ3) is 4.41. The maximum atomic E-state index is 13.4. The SMILES string of the molecule is CCC(=O)Nc1ccc(C(=O)Cn2nnc(-c3ccc(F)c(C)c3)n2)cc1. The average Bonchev–Trinajstić information content (AvgIpc) is 3.13. The number of carbonyl (C=O) groups is 2. The highest BCUT2D eigenvalue weighted by Gasteiger charge is 2.12. The molecular formula is C19H18FN5O2. The summed E-state index contributed by atoms with van der Waals surface area (Å²) in [6.45, 7) is 3.34. The maximum Gasteiger partial charge on any atom is 0.224 e. The Labute approximate surface area is 155 Å². The molecule has 27 heavy (non-hydrogen) atoms. The predicted molar refractivity (Wildman–Crippen MR) is 97.6 cm³/mol. The monoisotopic (exact) mass is 367 g/mol. The minimum atomic E-state index is -0.306. The lowest BCUT2D eigenvalue weighted by atomic mass is 10.1. The zero-order valence-corrected chi connectivity index (χ0v) is 14.9. The van der Waals surface area contributed by atoms with Crippen LogP contribution in [0.4, 0.5) is 10.1 Å². The number of carbonyl (C=O) groups excluding carboxylic acids is 2. The lowest BCUT2D eigenvalue weighted by molar-refractivity contribution is -0.115. The number of nitrogens with one attached hydrogen (secondary N) is 1. The van der Waals surface area contributed by atoms with Crippen molar-refractivity contribution >= 4 is 17.4 Å². The Morgan fingerprint density at radius 3 is 2.56 bits per heavy atom. The van der Waals surface area contributed by atoms with E-state index in [2.05, 4.69) is 20.7 Å². The van der Waals surface area contributed by atoms with Crippen LogP contribution < -0.4 is 5.32 Å². The Hall–Kier alpha value is -3.42. The summed E-state index contributed by atoms with van der Waals surface area (Å²) in [6.07, 6.45) is 0.383. The summed E-state index contributed by atoms with van der Waals surface area (Å²) in [7, 11) is 0. The molecule has 0 fully saturated rings. The number of halogens is 1. The number of aryl methyl sites for hydroxylation is 1. The molecule has 1 heterocycles. The van der Waals surface area contributed by atoms with E-state index in [4.69, 9.17) is 0 Å². The van der Waals surface area contributed by atoms with Crippen molar-refractivity contribution in [1.82, 2.24) is 20.2 Å². The summed E-state index contributed by atoms with van der Waals surface area (Å²) in [6, 6.07) is 11.1. The molecule has 8 heteroatoms. The molecular weight excluding hydrogens is 349 g/mol. The van der Waals surface area contributed by atoms with Gasteiger partial charge in [0.15, 0.2) is 5.78 Å². The van der Waals surface area contributed by atoms with Gasteiger partial charge in [-0.15, -0.1) is 10.2 Å². The molecule has 0 aliphatic carbocycles. The first kappa shape index (κ1) is 18.4. The summed E-state index contributed by atoms with van der Waals surface area (Å²) in [5, 5.41) is 14.7. The minimum Gasteiger partial charge on any atom is -0.326 e. The van der Waals surface area contributed by atoms with Crippen molar-refractivity contribution in [3.8, 4) is 11.4 Å². The van der Waals surface area contributed by atoms with Crippen molar-refractivity contribution in [2.24, 2.45) is 0 Å². The van der Waals surface area contributed by atoms with Gasteiger partial charge in [-0.1, -0.05) is 6.92 Å². The van der Waals surface area contributed by atoms with Crippen LogP contribution in [0.1, 0.15) is 29.3 Å². The molecule has 3 rings (SSSR count). The smallest absolute Gasteiger partial charge is 0.224 e. The number of Topliss-reactive ketones (excluding diaryl/α,β-unsaturated/α-hetero) is 1. The molecule has 0 atom stereocenters. The van der Waals surface area contributed by atoms with E-state index in [-0.39, 0.29) is 24.1 Å². The quantitative estimate of drug-likeness (QED) is 0.677. The van der Waals surface area contributed by atoms with E-state index in [0.29, 0.717) is 34.6 Å². The van der Waals surface area contributed by atoms with E-state index < -0.39 is 0 Å². The van der Waals surface area contributed by atoms with Crippen molar-refractivity contribution in [3.05, 3.63) is 59.4 Å². The first-order valence-electron chi connectivity index (χ1n) is 8.43. The number of aromatic nitrogens is 4. The second-order valence-electron chi connectivity index (χ2n) is 6.01. The third-order valence-corrected chi connectivity index (χ3v) is 3.97. The molecule has 0 unspecified atom stereocenters. The van der Waals surface area contributed by atoms with Gasteiger partial charge in [-0.3, -0.25) is 9.59 Å². The van der Waals surface area contributed by atoms with Crippen LogP contribution >= 0.6 is 0 Å².